The van der Waals surface area contributed by atoms with Gasteiger partial charge in [-0.1, -0.05) is 25.4 Å². The molecule has 0 bridgehead atoms. The smallest absolute Gasteiger partial charge is 0.216 e. The molecule has 0 unspecified atom stereocenters. The Morgan fingerprint density at radius 2 is 2.00 bits per heavy atom. The molecule has 0 atom stereocenters. The van der Waals surface area contributed by atoms with E-state index >= 15 is 0 Å². The number of nitrogens with zero attached hydrogens (tertiary/aromatic N) is 4. The Bertz CT molecular complexity index is 574. The minimum Gasteiger partial charge on any atom is -0.481 e. The standard InChI is InChI=1S/C13H15ClN4O/c1-8(2)4-9-5-11(14)18-13(17-9)10-6-12(19-3)16-7-15-10/h5-8H,4H2,1-3H3. The second kappa shape index (κ2) is 5.93. The van der Waals surface area contributed by atoms with Crippen molar-refractivity contribution in [3.63, 3.8) is 0 Å². The fraction of sp³-hybridized carbons (Fsp3) is 0.385. The van der Waals surface area contributed by atoms with Gasteiger partial charge in [0.1, 0.15) is 17.2 Å². The Hall–Kier alpha value is -1.75. The maximum Gasteiger partial charge on any atom is 0.216 e. The van der Waals surface area contributed by atoms with Gasteiger partial charge in [-0.25, -0.2) is 19.9 Å². The highest BCUT2D eigenvalue weighted by Gasteiger charge is 2.09. The molecule has 2 aromatic rings. The molecule has 0 fully saturated rings. The minimum absolute atomic E-state index is 0.415. The van der Waals surface area contributed by atoms with E-state index in [-0.39, 0.29) is 0 Å². The maximum atomic E-state index is 6.03. The molecule has 19 heavy (non-hydrogen) atoms. The summed E-state index contributed by atoms with van der Waals surface area (Å²) in [5.74, 6) is 1.46. The summed E-state index contributed by atoms with van der Waals surface area (Å²) in [4.78, 5) is 16.8. The highest BCUT2D eigenvalue weighted by atomic mass is 35.5. The summed E-state index contributed by atoms with van der Waals surface area (Å²) in [6.07, 6.45) is 2.26. The summed E-state index contributed by atoms with van der Waals surface area (Å²) in [5, 5.41) is 0.415. The largest absolute Gasteiger partial charge is 0.481 e. The van der Waals surface area contributed by atoms with Gasteiger partial charge in [-0.2, -0.15) is 0 Å². The van der Waals surface area contributed by atoms with Crippen LogP contribution in [0.25, 0.3) is 11.5 Å². The maximum absolute atomic E-state index is 6.03. The zero-order chi connectivity index (χ0) is 13.8. The topological polar surface area (TPSA) is 60.8 Å². The second-order valence-electron chi connectivity index (χ2n) is 4.55. The van der Waals surface area contributed by atoms with Gasteiger partial charge in [0.05, 0.1) is 7.11 Å². The molecule has 0 aliphatic carbocycles. The van der Waals surface area contributed by atoms with Crippen molar-refractivity contribution in [1.82, 2.24) is 19.9 Å². The highest BCUT2D eigenvalue weighted by Crippen LogP contribution is 2.19. The van der Waals surface area contributed by atoms with Crippen LogP contribution in [0.1, 0.15) is 19.5 Å². The molecule has 5 nitrogen and oxygen atoms in total. The first-order valence-electron chi connectivity index (χ1n) is 5.98. The lowest BCUT2D eigenvalue weighted by Gasteiger charge is -2.07. The SMILES string of the molecule is COc1cc(-c2nc(Cl)cc(CC(C)C)n2)ncn1. The molecule has 0 aliphatic rings. The Morgan fingerprint density at radius 1 is 1.21 bits per heavy atom. The fourth-order valence-electron chi connectivity index (χ4n) is 1.68. The normalized spacial score (nSPS) is 10.8. The Balaban J connectivity index is 2.40. The third kappa shape index (κ3) is 3.61. The van der Waals surface area contributed by atoms with Crippen LogP contribution in [0.5, 0.6) is 5.88 Å². The number of ether oxygens (including phenoxy) is 1. The summed E-state index contributed by atoms with van der Waals surface area (Å²) < 4.78 is 5.06. The third-order valence-electron chi connectivity index (χ3n) is 2.45. The molecule has 0 saturated heterocycles. The first-order chi connectivity index (χ1) is 9.08. The van der Waals surface area contributed by atoms with Crippen molar-refractivity contribution in [3.05, 3.63) is 29.3 Å². The molecule has 0 radical (unpaired) electrons. The average Bonchev–Trinajstić information content (AvgIpc) is 2.37. The average molecular weight is 279 g/mol. The lowest BCUT2D eigenvalue weighted by atomic mass is 10.1. The molecular formula is C13H15ClN4O. The predicted octanol–water partition coefficient (Wildman–Crippen LogP) is 2.79. The first kappa shape index (κ1) is 13.7. The van der Waals surface area contributed by atoms with E-state index in [9.17, 15) is 0 Å². The van der Waals surface area contributed by atoms with E-state index in [4.69, 9.17) is 16.3 Å². The highest BCUT2D eigenvalue weighted by molar-refractivity contribution is 6.29. The number of halogens is 1. The molecule has 0 saturated carbocycles. The summed E-state index contributed by atoms with van der Waals surface area (Å²) in [5.41, 5.74) is 1.50. The first-order valence-corrected chi connectivity index (χ1v) is 6.36. The van der Waals surface area contributed by atoms with Crippen LogP contribution in [-0.4, -0.2) is 27.0 Å². The summed E-state index contributed by atoms with van der Waals surface area (Å²) >= 11 is 6.03. The van der Waals surface area contributed by atoms with Crippen LogP contribution < -0.4 is 4.74 Å². The molecule has 0 spiro atoms. The van der Waals surface area contributed by atoms with Crippen molar-refractivity contribution in [2.24, 2.45) is 5.92 Å². The number of hydrogen-bond acceptors (Lipinski definition) is 5. The summed E-state index contributed by atoms with van der Waals surface area (Å²) in [6.45, 7) is 4.26. The number of hydrogen-bond donors (Lipinski definition) is 0. The molecule has 0 aliphatic heterocycles. The molecule has 2 rings (SSSR count). The van der Waals surface area contributed by atoms with Gasteiger partial charge in [-0.05, 0) is 18.4 Å². The van der Waals surface area contributed by atoms with Crippen molar-refractivity contribution < 1.29 is 4.74 Å². The van der Waals surface area contributed by atoms with Crippen molar-refractivity contribution in [1.29, 1.82) is 0 Å². The monoisotopic (exact) mass is 278 g/mol. The Morgan fingerprint density at radius 3 is 2.68 bits per heavy atom. The van der Waals surface area contributed by atoms with Crippen LogP contribution in [0.15, 0.2) is 18.5 Å². The second-order valence-corrected chi connectivity index (χ2v) is 4.94. The van der Waals surface area contributed by atoms with E-state index in [0.717, 1.165) is 12.1 Å². The lowest BCUT2D eigenvalue weighted by molar-refractivity contribution is 0.397. The zero-order valence-electron chi connectivity index (χ0n) is 11.1. The molecule has 2 aromatic heterocycles. The van der Waals surface area contributed by atoms with Crippen molar-refractivity contribution in [3.8, 4) is 17.4 Å². The van der Waals surface area contributed by atoms with Crippen molar-refractivity contribution >= 4 is 11.6 Å². The predicted molar refractivity (Wildman–Crippen MR) is 73.2 cm³/mol. The van der Waals surface area contributed by atoms with Crippen LogP contribution in [0.2, 0.25) is 5.15 Å². The molecule has 6 heteroatoms. The van der Waals surface area contributed by atoms with Crippen LogP contribution >= 0.6 is 11.6 Å². The third-order valence-corrected chi connectivity index (χ3v) is 2.64. The lowest BCUT2D eigenvalue weighted by Crippen LogP contribution is -2.02. The molecule has 2 heterocycles. The molecular weight excluding hydrogens is 264 g/mol. The van der Waals surface area contributed by atoms with Gasteiger partial charge in [-0.15, -0.1) is 0 Å². The minimum atomic E-state index is 0.415. The van der Waals surface area contributed by atoms with Gasteiger partial charge in [0.25, 0.3) is 0 Å². The van der Waals surface area contributed by atoms with Crippen LogP contribution in [0, 0.1) is 5.92 Å². The van der Waals surface area contributed by atoms with Crippen molar-refractivity contribution in [2.75, 3.05) is 7.11 Å². The zero-order valence-corrected chi connectivity index (χ0v) is 11.8. The van der Waals surface area contributed by atoms with Crippen LogP contribution in [0.4, 0.5) is 0 Å². The van der Waals surface area contributed by atoms with E-state index in [1.807, 2.05) is 0 Å². The van der Waals surface area contributed by atoms with Gasteiger partial charge in [-0.3, -0.25) is 0 Å². The number of aromatic nitrogens is 4. The van der Waals surface area contributed by atoms with Gasteiger partial charge in [0.15, 0.2) is 5.82 Å². The van der Waals surface area contributed by atoms with Crippen LogP contribution in [0.3, 0.4) is 0 Å². The van der Waals surface area contributed by atoms with E-state index < -0.39 is 0 Å². The van der Waals surface area contributed by atoms with Gasteiger partial charge >= 0.3 is 0 Å². The quantitative estimate of drug-likeness (QED) is 0.805. The van der Waals surface area contributed by atoms with Gasteiger partial charge in [0.2, 0.25) is 5.88 Å². The van der Waals surface area contributed by atoms with E-state index in [2.05, 4.69) is 33.8 Å². The van der Waals surface area contributed by atoms with Crippen molar-refractivity contribution in [2.45, 2.75) is 20.3 Å². The van der Waals surface area contributed by atoms with Gasteiger partial charge < -0.3 is 4.74 Å². The van der Waals surface area contributed by atoms with E-state index in [0.29, 0.717) is 28.5 Å². The van der Waals surface area contributed by atoms with Crippen LogP contribution in [-0.2, 0) is 6.42 Å². The Labute approximate surface area is 117 Å². The molecule has 100 valence electrons. The van der Waals surface area contributed by atoms with E-state index in [1.54, 1.807) is 19.2 Å². The summed E-state index contributed by atoms with van der Waals surface area (Å²) in [7, 11) is 1.55. The molecule has 0 amide bonds. The fourth-order valence-corrected chi connectivity index (χ4v) is 1.88. The molecule has 0 N–H and O–H groups in total. The van der Waals surface area contributed by atoms with Gasteiger partial charge in [0, 0.05) is 11.8 Å². The molecule has 0 aromatic carbocycles. The number of methoxy groups -OCH3 is 1. The summed E-state index contributed by atoms with van der Waals surface area (Å²) in [6, 6.07) is 3.47. The Kier molecular flexibility index (Phi) is 4.27. The van der Waals surface area contributed by atoms with E-state index in [1.165, 1.54) is 6.33 Å². The number of rotatable bonds is 4.